The van der Waals surface area contributed by atoms with Crippen molar-refractivity contribution in [2.24, 2.45) is 23.5 Å². The quantitative estimate of drug-likeness (QED) is 0.328. The van der Waals surface area contributed by atoms with Gasteiger partial charge in [-0.05, 0) is 42.0 Å². The largest absolute Gasteiger partial charge is 0.508 e. The molecule has 3 atom stereocenters. The number of carbonyl (C=O) groups is 4. The summed E-state index contributed by atoms with van der Waals surface area (Å²) in [4.78, 5) is 49.6. The maximum atomic E-state index is 13.4. The van der Waals surface area contributed by atoms with Crippen LogP contribution in [0.25, 0.3) is 11.8 Å². The number of aliphatic hydroxyl groups is 3. The number of nitrogens with two attached hydrogens (primary N) is 1. The van der Waals surface area contributed by atoms with Crippen LogP contribution in [0.1, 0.15) is 43.4 Å². The van der Waals surface area contributed by atoms with E-state index in [0.717, 1.165) is 0 Å². The molecule has 178 valence electrons. The molecule has 1 saturated carbocycles. The van der Waals surface area contributed by atoms with Gasteiger partial charge in [-0.25, -0.2) is 0 Å². The Balaban J connectivity index is 1.87. The number of phenolic OH excluding ortho intramolecular Hbond substituents is 1. The molecule has 0 aromatic heterocycles. The van der Waals surface area contributed by atoms with Crippen LogP contribution in [-0.4, -0.2) is 49.3 Å². The predicted molar refractivity (Wildman–Crippen MR) is 120 cm³/mol. The molecule has 1 aromatic rings. The van der Waals surface area contributed by atoms with Crippen LogP contribution in [0.5, 0.6) is 5.75 Å². The number of primary amides is 1. The highest BCUT2D eigenvalue weighted by molar-refractivity contribution is 6.22. The Hall–Kier alpha value is -3.72. The molecular weight excluding hydrogens is 442 g/mol. The molecule has 0 bridgehead atoms. The number of ketones is 3. The van der Waals surface area contributed by atoms with Crippen molar-refractivity contribution in [1.29, 1.82) is 0 Å². The van der Waals surface area contributed by atoms with E-state index in [1.54, 1.807) is 26.0 Å². The average molecular weight is 467 g/mol. The molecule has 1 aromatic carbocycles. The number of benzene rings is 1. The maximum absolute atomic E-state index is 13.4. The molecule has 3 aliphatic rings. The van der Waals surface area contributed by atoms with Crippen molar-refractivity contribution in [3.05, 3.63) is 51.8 Å². The van der Waals surface area contributed by atoms with Crippen LogP contribution >= 0.6 is 0 Å². The number of carbonyl (C=O) groups excluding carboxylic acids is 4. The Bertz CT molecular complexity index is 1250. The first-order valence-electron chi connectivity index (χ1n) is 10.9. The number of aliphatic hydroxyl groups excluding tert-OH is 2. The van der Waals surface area contributed by atoms with E-state index in [0.29, 0.717) is 11.1 Å². The fourth-order valence-electron chi connectivity index (χ4n) is 5.17. The molecule has 1 fully saturated rings. The lowest BCUT2D eigenvalue weighted by molar-refractivity contribution is -0.147. The van der Waals surface area contributed by atoms with Crippen molar-refractivity contribution in [1.82, 2.24) is 0 Å². The fourth-order valence-corrected chi connectivity index (χ4v) is 5.17. The molecule has 0 spiro atoms. The first-order chi connectivity index (χ1) is 15.9. The van der Waals surface area contributed by atoms with Gasteiger partial charge in [-0.1, -0.05) is 26.0 Å². The second kappa shape index (κ2) is 7.95. The Kier molecular flexibility index (Phi) is 5.48. The molecule has 0 unspecified atom stereocenters. The van der Waals surface area contributed by atoms with E-state index in [4.69, 9.17) is 5.73 Å². The van der Waals surface area contributed by atoms with Gasteiger partial charge in [0, 0.05) is 23.8 Å². The molecule has 1 amide bonds. The van der Waals surface area contributed by atoms with Crippen LogP contribution in [0.3, 0.4) is 0 Å². The normalized spacial score (nSPS) is 26.6. The first kappa shape index (κ1) is 23.4. The van der Waals surface area contributed by atoms with E-state index in [9.17, 15) is 39.6 Å². The summed E-state index contributed by atoms with van der Waals surface area (Å²) in [6, 6.07) is 2.91. The number of phenols is 1. The number of amides is 1. The summed E-state index contributed by atoms with van der Waals surface area (Å²) < 4.78 is 0. The zero-order valence-electron chi connectivity index (χ0n) is 18.7. The molecule has 9 nitrogen and oxygen atoms in total. The van der Waals surface area contributed by atoms with Gasteiger partial charge in [0.15, 0.2) is 17.2 Å². The van der Waals surface area contributed by atoms with Crippen molar-refractivity contribution in [3.8, 4) is 5.75 Å². The molecule has 0 radical (unpaired) electrons. The predicted octanol–water partition coefficient (Wildman–Crippen LogP) is 1.66. The van der Waals surface area contributed by atoms with Crippen LogP contribution in [-0.2, 0) is 25.6 Å². The third-order valence-electron chi connectivity index (χ3n) is 6.98. The van der Waals surface area contributed by atoms with Crippen molar-refractivity contribution in [2.75, 3.05) is 0 Å². The van der Waals surface area contributed by atoms with E-state index < -0.39 is 52.0 Å². The van der Waals surface area contributed by atoms with E-state index in [2.05, 4.69) is 0 Å². The van der Waals surface area contributed by atoms with Crippen molar-refractivity contribution >= 4 is 35.1 Å². The topological polar surface area (TPSA) is 175 Å². The summed E-state index contributed by atoms with van der Waals surface area (Å²) in [5.74, 6) is -7.03. The van der Waals surface area contributed by atoms with Crippen molar-refractivity contribution in [2.45, 2.75) is 38.7 Å². The van der Waals surface area contributed by atoms with Gasteiger partial charge >= 0.3 is 0 Å². The molecule has 0 saturated heterocycles. The smallest absolute Gasteiger partial charge is 0.255 e. The van der Waals surface area contributed by atoms with Crippen molar-refractivity contribution < 1.29 is 39.6 Å². The monoisotopic (exact) mass is 467 g/mol. The minimum atomic E-state index is -2.59. The summed E-state index contributed by atoms with van der Waals surface area (Å²) in [6.45, 7) is 3.51. The van der Waals surface area contributed by atoms with Gasteiger partial charge in [-0.15, -0.1) is 0 Å². The maximum Gasteiger partial charge on any atom is 0.255 e. The van der Waals surface area contributed by atoms with E-state index in [1.165, 1.54) is 12.1 Å². The van der Waals surface area contributed by atoms with Gasteiger partial charge < -0.3 is 26.2 Å². The average Bonchev–Trinajstić information content (AvgIpc) is 2.75. The highest BCUT2D eigenvalue weighted by atomic mass is 16.3. The molecule has 0 aliphatic heterocycles. The van der Waals surface area contributed by atoms with E-state index in [-0.39, 0.29) is 47.8 Å². The Morgan fingerprint density at radius 2 is 1.82 bits per heavy atom. The second-order valence-electron chi connectivity index (χ2n) is 9.32. The summed E-state index contributed by atoms with van der Waals surface area (Å²) in [5.41, 5.74) is 2.63. The molecule has 3 aliphatic carbocycles. The minimum Gasteiger partial charge on any atom is -0.508 e. The number of allylic oxidation sites excluding steroid dienone is 1. The lowest BCUT2D eigenvalue weighted by atomic mass is 9.59. The van der Waals surface area contributed by atoms with Gasteiger partial charge in [0.05, 0.1) is 5.56 Å². The van der Waals surface area contributed by atoms with Crippen LogP contribution in [0.4, 0.5) is 0 Å². The van der Waals surface area contributed by atoms with Gasteiger partial charge in [0.25, 0.3) is 5.91 Å². The minimum absolute atomic E-state index is 0.00808. The third kappa shape index (κ3) is 3.27. The summed E-state index contributed by atoms with van der Waals surface area (Å²) in [6.07, 6.45) is 2.84. The molecule has 4 rings (SSSR count). The number of hydrogen-bond donors (Lipinski definition) is 5. The molecule has 6 N–H and O–H groups in total. The zero-order valence-corrected chi connectivity index (χ0v) is 18.7. The highest BCUT2D eigenvalue weighted by Crippen LogP contribution is 2.52. The van der Waals surface area contributed by atoms with Crippen LogP contribution in [0, 0.1) is 17.8 Å². The van der Waals surface area contributed by atoms with Crippen LogP contribution in [0.2, 0.25) is 0 Å². The summed E-state index contributed by atoms with van der Waals surface area (Å²) in [7, 11) is 0. The first-order valence-corrected chi connectivity index (χ1v) is 10.9. The SMILES string of the molecule is CC(C)C(=O)/C=C/c1ccc(O)c2c1C[C@H]1C[C@H]3CC(=O)C(C(N)=O)=C(O)[C@@]3(O)C(=O)C1=C2O. The number of aromatic hydroxyl groups is 1. The van der Waals surface area contributed by atoms with Crippen LogP contribution in [0.15, 0.2) is 35.1 Å². The molecule has 0 heterocycles. The zero-order chi connectivity index (χ0) is 25.1. The second-order valence-corrected chi connectivity index (χ2v) is 9.32. The number of Topliss-reactive ketones (excluding diaryl/α,β-unsaturated/α-hetero) is 2. The number of fused-ring (bicyclic) bond motifs is 3. The molecule has 34 heavy (non-hydrogen) atoms. The molecule has 9 heteroatoms. The van der Waals surface area contributed by atoms with Crippen molar-refractivity contribution in [3.63, 3.8) is 0 Å². The Labute approximate surface area is 194 Å². The molecular formula is C25H25NO8. The van der Waals surface area contributed by atoms with Gasteiger partial charge in [0.1, 0.15) is 22.8 Å². The van der Waals surface area contributed by atoms with Crippen LogP contribution < -0.4 is 5.73 Å². The highest BCUT2D eigenvalue weighted by Gasteiger charge is 2.60. The van der Waals surface area contributed by atoms with Gasteiger partial charge in [0.2, 0.25) is 5.78 Å². The van der Waals surface area contributed by atoms with Gasteiger partial charge in [-0.2, -0.15) is 0 Å². The van der Waals surface area contributed by atoms with E-state index >= 15 is 0 Å². The fraction of sp³-hybridized carbons (Fsp3) is 0.360. The number of rotatable bonds is 4. The lowest BCUT2D eigenvalue weighted by Gasteiger charge is -2.46. The summed E-state index contributed by atoms with van der Waals surface area (Å²) in [5, 5.41) is 43.3. The van der Waals surface area contributed by atoms with E-state index in [1.807, 2.05) is 0 Å². The lowest BCUT2D eigenvalue weighted by Crippen LogP contribution is -2.58. The van der Waals surface area contributed by atoms with Gasteiger partial charge in [-0.3, -0.25) is 19.2 Å². The number of hydrogen-bond acceptors (Lipinski definition) is 8. The Morgan fingerprint density at radius 1 is 1.15 bits per heavy atom. The summed E-state index contributed by atoms with van der Waals surface area (Å²) >= 11 is 0. The Morgan fingerprint density at radius 3 is 2.44 bits per heavy atom. The third-order valence-corrected chi connectivity index (χ3v) is 6.98. The standard InChI is InChI=1S/C25H25NO8/c1-10(2)15(27)5-3-11-4-6-16(28)19-14(11)8-12-7-13-9-17(29)20(24(26)33)23(32)25(13,34)22(31)18(12)21(19)30/h3-6,10,12-13,28,30,32,34H,7-9H2,1-2H3,(H2,26,33)/b5-3+/t12-,13+,25+/m1/s1.